The second kappa shape index (κ2) is 6.42. The molecular formula is C18H23N3O3. The number of aromatic nitrogens is 2. The normalized spacial score (nSPS) is 22.2. The fraction of sp³-hybridized carbons (Fsp3) is 0.611. The van der Waals surface area contributed by atoms with Crippen molar-refractivity contribution >= 4 is 5.91 Å². The van der Waals surface area contributed by atoms with Crippen LogP contribution in [0, 0.1) is 6.92 Å². The first kappa shape index (κ1) is 15.4. The van der Waals surface area contributed by atoms with Crippen LogP contribution in [0.2, 0.25) is 0 Å². The zero-order valence-electron chi connectivity index (χ0n) is 14.0. The van der Waals surface area contributed by atoms with Crippen molar-refractivity contribution in [2.45, 2.75) is 63.8 Å². The van der Waals surface area contributed by atoms with Crippen LogP contribution >= 0.6 is 0 Å². The molecule has 2 aromatic rings. The zero-order valence-corrected chi connectivity index (χ0v) is 14.0. The molecular weight excluding hydrogens is 306 g/mol. The second-order valence-electron chi connectivity index (χ2n) is 6.97. The number of nitrogens with zero attached hydrogens (tertiary/aromatic N) is 3. The Hall–Kier alpha value is -2.11. The Labute approximate surface area is 141 Å². The molecule has 0 aromatic carbocycles. The van der Waals surface area contributed by atoms with E-state index in [4.69, 9.17) is 9.05 Å². The van der Waals surface area contributed by atoms with Crippen molar-refractivity contribution in [2.24, 2.45) is 0 Å². The quantitative estimate of drug-likeness (QED) is 0.851. The fourth-order valence-corrected chi connectivity index (χ4v) is 3.98. The van der Waals surface area contributed by atoms with Crippen molar-refractivity contribution in [3.05, 3.63) is 35.0 Å². The van der Waals surface area contributed by atoms with Gasteiger partial charge in [0.1, 0.15) is 11.5 Å². The van der Waals surface area contributed by atoms with Gasteiger partial charge in [-0.1, -0.05) is 29.6 Å². The van der Waals surface area contributed by atoms with Crippen molar-refractivity contribution in [3.63, 3.8) is 0 Å². The minimum Gasteiger partial charge on any atom is -0.361 e. The van der Waals surface area contributed by atoms with Crippen LogP contribution in [-0.4, -0.2) is 27.7 Å². The number of carbonyl (C=O) groups excluding carboxylic acids is 1. The van der Waals surface area contributed by atoms with Crippen LogP contribution in [0.1, 0.15) is 84.6 Å². The average molecular weight is 329 g/mol. The molecule has 1 saturated carbocycles. The maximum atomic E-state index is 12.9. The molecule has 1 atom stereocenters. The first-order valence-electron chi connectivity index (χ1n) is 8.93. The molecule has 24 heavy (non-hydrogen) atoms. The van der Waals surface area contributed by atoms with E-state index in [0.717, 1.165) is 49.4 Å². The number of carbonyl (C=O) groups is 1. The lowest BCUT2D eigenvalue weighted by molar-refractivity contribution is 0.0688. The van der Waals surface area contributed by atoms with Crippen LogP contribution in [0.3, 0.4) is 0 Å². The number of likely N-dealkylation sites (tertiary alicyclic amines) is 1. The Bertz CT molecular complexity index is 715. The second-order valence-corrected chi connectivity index (χ2v) is 6.97. The number of rotatable bonds is 3. The van der Waals surface area contributed by atoms with Gasteiger partial charge in [0.05, 0.1) is 11.7 Å². The topological polar surface area (TPSA) is 72.4 Å². The maximum Gasteiger partial charge on any atom is 0.293 e. The van der Waals surface area contributed by atoms with Gasteiger partial charge in [0, 0.05) is 24.6 Å². The standard InChI is InChI=1S/C18H23N3O3/c1-12-10-15(20-23-12)16-8-5-9-21(16)18(22)17-11-14(19-24-17)13-6-3-2-4-7-13/h10-11,13,16H,2-9H2,1H3. The zero-order chi connectivity index (χ0) is 16.5. The van der Waals surface area contributed by atoms with Gasteiger partial charge in [0.15, 0.2) is 0 Å². The lowest BCUT2D eigenvalue weighted by Crippen LogP contribution is -2.30. The lowest BCUT2D eigenvalue weighted by Gasteiger charge is -2.21. The van der Waals surface area contributed by atoms with Gasteiger partial charge < -0.3 is 13.9 Å². The van der Waals surface area contributed by atoms with Crippen molar-refractivity contribution in [3.8, 4) is 0 Å². The molecule has 1 aliphatic carbocycles. The van der Waals surface area contributed by atoms with Gasteiger partial charge in [0.2, 0.25) is 5.76 Å². The summed E-state index contributed by atoms with van der Waals surface area (Å²) in [4.78, 5) is 14.7. The third-order valence-electron chi connectivity index (χ3n) is 5.26. The van der Waals surface area contributed by atoms with Gasteiger partial charge in [0.25, 0.3) is 5.91 Å². The summed E-state index contributed by atoms with van der Waals surface area (Å²) in [5, 5.41) is 8.27. The molecule has 1 unspecified atom stereocenters. The van der Waals surface area contributed by atoms with E-state index in [0.29, 0.717) is 11.7 Å². The van der Waals surface area contributed by atoms with Gasteiger partial charge in [-0.25, -0.2) is 0 Å². The summed E-state index contributed by atoms with van der Waals surface area (Å²) < 4.78 is 10.6. The van der Waals surface area contributed by atoms with Crippen molar-refractivity contribution in [1.82, 2.24) is 15.2 Å². The molecule has 0 spiro atoms. The number of hydrogen-bond acceptors (Lipinski definition) is 5. The van der Waals surface area contributed by atoms with Gasteiger partial charge >= 0.3 is 0 Å². The average Bonchev–Trinajstić information content (AvgIpc) is 3.35. The minimum atomic E-state index is -0.0901. The summed E-state index contributed by atoms with van der Waals surface area (Å²) >= 11 is 0. The highest BCUT2D eigenvalue weighted by Crippen LogP contribution is 2.35. The van der Waals surface area contributed by atoms with E-state index < -0.39 is 0 Å². The van der Waals surface area contributed by atoms with E-state index in [9.17, 15) is 4.79 Å². The molecule has 1 saturated heterocycles. The molecule has 4 rings (SSSR count). The maximum absolute atomic E-state index is 12.9. The molecule has 0 bridgehead atoms. The van der Waals surface area contributed by atoms with Crippen molar-refractivity contribution in [2.75, 3.05) is 6.54 Å². The van der Waals surface area contributed by atoms with Crippen molar-refractivity contribution in [1.29, 1.82) is 0 Å². The van der Waals surface area contributed by atoms with E-state index in [-0.39, 0.29) is 11.9 Å². The van der Waals surface area contributed by atoms with E-state index in [1.807, 2.05) is 24.0 Å². The Balaban J connectivity index is 1.51. The summed E-state index contributed by atoms with van der Waals surface area (Å²) in [6.45, 7) is 2.58. The largest absolute Gasteiger partial charge is 0.361 e. The van der Waals surface area contributed by atoms with E-state index in [1.165, 1.54) is 19.3 Å². The van der Waals surface area contributed by atoms with Gasteiger partial charge in [-0.15, -0.1) is 0 Å². The van der Waals surface area contributed by atoms with Gasteiger partial charge in [-0.2, -0.15) is 0 Å². The van der Waals surface area contributed by atoms with Crippen LogP contribution in [0.4, 0.5) is 0 Å². The third-order valence-corrected chi connectivity index (χ3v) is 5.26. The van der Waals surface area contributed by atoms with E-state index >= 15 is 0 Å². The molecule has 1 aliphatic heterocycles. The summed E-state index contributed by atoms with van der Waals surface area (Å²) in [7, 11) is 0. The lowest BCUT2D eigenvalue weighted by atomic mass is 9.87. The summed E-state index contributed by atoms with van der Waals surface area (Å²) in [5.74, 6) is 1.47. The van der Waals surface area contributed by atoms with Crippen LogP contribution in [-0.2, 0) is 0 Å². The van der Waals surface area contributed by atoms with Gasteiger partial charge in [-0.05, 0) is 32.6 Å². The molecule has 2 fully saturated rings. The number of aryl methyl sites for hydroxylation is 1. The van der Waals surface area contributed by atoms with Gasteiger partial charge in [-0.3, -0.25) is 4.79 Å². The molecule has 6 nitrogen and oxygen atoms in total. The van der Waals surface area contributed by atoms with Crippen LogP contribution in [0.25, 0.3) is 0 Å². The Morgan fingerprint density at radius 2 is 1.83 bits per heavy atom. The SMILES string of the molecule is Cc1cc(C2CCCN2C(=O)c2cc(C3CCCCC3)no2)no1. The summed E-state index contributed by atoms with van der Waals surface area (Å²) in [5.41, 5.74) is 1.76. The number of hydrogen-bond donors (Lipinski definition) is 0. The monoisotopic (exact) mass is 329 g/mol. The molecule has 0 N–H and O–H groups in total. The van der Waals surface area contributed by atoms with E-state index in [1.54, 1.807) is 0 Å². The van der Waals surface area contributed by atoms with E-state index in [2.05, 4.69) is 10.3 Å². The molecule has 128 valence electrons. The van der Waals surface area contributed by atoms with Crippen LogP contribution in [0.5, 0.6) is 0 Å². The third kappa shape index (κ3) is 2.85. The Morgan fingerprint density at radius 3 is 2.58 bits per heavy atom. The highest BCUT2D eigenvalue weighted by molar-refractivity contribution is 5.92. The first-order chi connectivity index (χ1) is 11.7. The predicted octanol–water partition coefficient (Wildman–Crippen LogP) is 4.00. The molecule has 6 heteroatoms. The van der Waals surface area contributed by atoms with Crippen LogP contribution < -0.4 is 0 Å². The molecule has 3 heterocycles. The first-order valence-corrected chi connectivity index (χ1v) is 8.93. The Morgan fingerprint density at radius 1 is 1.04 bits per heavy atom. The van der Waals surface area contributed by atoms with Crippen LogP contribution in [0.15, 0.2) is 21.2 Å². The minimum absolute atomic E-state index is 0.0295. The highest BCUT2D eigenvalue weighted by atomic mass is 16.5. The van der Waals surface area contributed by atoms with Crippen molar-refractivity contribution < 1.29 is 13.8 Å². The molecule has 0 radical (unpaired) electrons. The predicted molar refractivity (Wildman–Crippen MR) is 86.6 cm³/mol. The smallest absolute Gasteiger partial charge is 0.293 e. The summed E-state index contributed by atoms with van der Waals surface area (Å²) in [6.07, 6.45) is 7.93. The highest BCUT2D eigenvalue weighted by Gasteiger charge is 2.34. The number of amides is 1. The Kier molecular flexibility index (Phi) is 4.12. The fourth-order valence-electron chi connectivity index (χ4n) is 3.98. The summed E-state index contributed by atoms with van der Waals surface area (Å²) in [6, 6.07) is 3.73. The molecule has 2 aliphatic rings. The molecule has 1 amide bonds. The molecule has 2 aromatic heterocycles.